The van der Waals surface area contributed by atoms with Crippen LogP contribution in [0.5, 0.6) is 0 Å². The van der Waals surface area contributed by atoms with Crippen LogP contribution in [0, 0.1) is 3.57 Å². The Morgan fingerprint density at radius 2 is 2.33 bits per heavy atom. The molecule has 0 aromatic carbocycles. The molecular formula is C5H2BrClIN. The van der Waals surface area contributed by atoms with E-state index in [1.165, 1.54) is 0 Å². The average molecular weight is 318 g/mol. The fourth-order valence-corrected chi connectivity index (χ4v) is 1.30. The van der Waals surface area contributed by atoms with E-state index in [4.69, 9.17) is 11.6 Å². The van der Waals surface area contributed by atoms with Crippen molar-refractivity contribution in [3.05, 3.63) is 25.5 Å². The molecule has 1 aromatic rings. The topological polar surface area (TPSA) is 12.9 Å². The van der Waals surface area contributed by atoms with Crippen LogP contribution in [-0.2, 0) is 0 Å². The Balaban J connectivity index is 3.17. The maximum Gasteiger partial charge on any atom is 0.107 e. The van der Waals surface area contributed by atoms with E-state index in [1.807, 2.05) is 0 Å². The Labute approximate surface area is 80.1 Å². The first-order valence-corrected chi connectivity index (χ1v) is 4.41. The van der Waals surface area contributed by atoms with Crippen molar-refractivity contribution < 1.29 is 0 Å². The van der Waals surface area contributed by atoms with E-state index in [0.29, 0.717) is 0 Å². The SMILES string of the molecule is Clc1cc(Br)ncc1I. The number of nitrogens with zero attached hydrogens (tertiary/aromatic N) is 1. The molecule has 0 aliphatic heterocycles. The molecule has 0 N–H and O–H groups in total. The van der Waals surface area contributed by atoms with Crippen LogP contribution in [0.4, 0.5) is 0 Å². The second-order valence-electron chi connectivity index (χ2n) is 1.42. The first kappa shape index (κ1) is 7.75. The van der Waals surface area contributed by atoms with Gasteiger partial charge in [-0.05, 0) is 44.6 Å². The lowest BCUT2D eigenvalue weighted by Gasteiger charge is -1.92. The van der Waals surface area contributed by atoms with Gasteiger partial charge in [-0.3, -0.25) is 0 Å². The summed E-state index contributed by atoms with van der Waals surface area (Å²) in [6.07, 6.45) is 1.72. The third-order valence-electron chi connectivity index (χ3n) is 0.775. The molecular weight excluding hydrogens is 316 g/mol. The van der Waals surface area contributed by atoms with E-state index in [0.717, 1.165) is 13.2 Å². The molecule has 0 amide bonds. The van der Waals surface area contributed by atoms with Crippen molar-refractivity contribution in [2.75, 3.05) is 0 Å². The predicted molar refractivity (Wildman–Crippen MR) is 49.7 cm³/mol. The highest BCUT2D eigenvalue weighted by Gasteiger charge is 1.95. The van der Waals surface area contributed by atoms with Gasteiger partial charge in [0.2, 0.25) is 0 Å². The first-order valence-electron chi connectivity index (χ1n) is 2.16. The highest BCUT2D eigenvalue weighted by atomic mass is 127. The van der Waals surface area contributed by atoms with Gasteiger partial charge in [0.15, 0.2) is 0 Å². The van der Waals surface area contributed by atoms with Gasteiger partial charge in [0, 0.05) is 6.20 Å². The maximum atomic E-state index is 5.74. The molecule has 0 saturated carbocycles. The molecule has 48 valence electrons. The monoisotopic (exact) mass is 317 g/mol. The zero-order valence-electron chi connectivity index (χ0n) is 4.24. The molecule has 0 unspecified atom stereocenters. The summed E-state index contributed by atoms with van der Waals surface area (Å²) in [4.78, 5) is 3.96. The molecule has 1 nitrogen and oxygen atoms in total. The maximum absolute atomic E-state index is 5.74. The Morgan fingerprint density at radius 3 is 2.78 bits per heavy atom. The van der Waals surface area contributed by atoms with E-state index in [9.17, 15) is 0 Å². The van der Waals surface area contributed by atoms with Crippen LogP contribution in [0.2, 0.25) is 5.02 Å². The highest BCUT2D eigenvalue weighted by Crippen LogP contribution is 2.19. The third kappa shape index (κ3) is 2.05. The Kier molecular flexibility index (Phi) is 2.73. The summed E-state index contributed by atoms with van der Waals surface area (Å²) in [6.45, 7) is 0. The van der Waals surface area contributed by atoms with Gasteiger partial charge in [-0.2, -0.15) is 0 Å². The number of hydrogen-bond acceptors (Lipinski definition) is 1. The summed E-state index contributed by atoms with van der Waals surface area (Å²) < 4.78 is 1.74. The van der Waals surface area contributed by atoms with Gasteiger partial charge in [0.25, 0.3) is 0 Å². The Morgan fingerprint density at radius 1 is 1.67 bits per heavy atom. The molecule has 0 spiro atoms. The second-order valence-corrected chi connectivity index (χ2v) is 3.80. The normalized spacial score (nSPS) is 9.67. The molecule has 0 saturated heterocycles. The molecule has 0 aliphatic rings. The standard InChI is InChI=1S/C5H2BrClIN/c6-5-1-3(7)4(8)2-9-5/h1-2H. The van der Waals surface area contributed by atoms with Crippen LogP contribution in [0.3, 0.4) is 0 Å². The molecule has 9 heavy (non-hydrogen) atoms. The van der Waals surface area contributed by atoms with Crippen LogP contribution in [0.25, 0.3) is 0 Å². The van der Waals surface area contributed by atoms with Crippen LogP contribution in [0.15, 0.2) is 16.9 Å². The van der Waals surface area contributed by atoms with Gasteiger partial charge in [-0.1, -0.05) is 11.6 Å². The molecule has 0 bridgehead atoms. The lowest BCUT2D eigenvalue weighted by atomic mass is 10.5. The molecule has 1 aromatic heterocycles. The molecule has 1 rings (SSSR count). The third-order valence-corrected chi connectivity index (χ3v) is 2.70. The number of pyridine rings is 1. The van der Waals surface area contributed by atoms with Gasteiger partial charge in [-0.25, -0.2) is 4.98 Å². The summed E-state index contributed by atoms with van der Waals surface area (Å²) in [6, 6.07) is 1.77. The largest absolute Gasteiger partial charge is 0.248 e. The van der Waals surface area contributed by atoms with E-state index in [2.05, 4.69) is 43.5 Å². The number of aromatic nitrogens is 1. The molecule has 0 atom stereocenters. The van der Waals surface area contributed by atoms with E-state index in [-0.39, 0.29) is 0 Å². The van der Waals surface area contributed by atoms with Crippen LogP contribution < -0.4 is 0 Å². The lowest BCUT2D eigenvalue weighted by Crippen LogP contribution is -1.77. The first-order chi connectivity index (χ1) is 4.20. The fourth-order valence-electron chi connectivity index (χ4n) is 0.391. The van der Waals surface area contributed by atoms with Crippen LogP contribution in [0.1, 0.15) is 0 Å². The van der Waals surface area contributed by atoms with Gasteiger partial charge in [0.05, 0.1) is 8.59 Å². The summed E-state index contributed by atoms with van der Waals surface area (Å²) in [5, 5.41) is 0.734. The van der Waals surface area contributed by atoms with Crippen LogP contribution in [-0.4, -0.2) is 4.98 Å². The summed E-state index contributed by atoms with van der Waals surface area (Å²) in [5.41, 5.74) is 0. The van der Waals surface area contributed by atoms with Gasteiger partial charge < -0.3 is 0 Å². The zero-order valence-corrected chi connectivity index (χ0v) is 8.74. The quantitative estimate of drug-likeness (QED) is 0.529. The minimum Gasteiger partial charge on any atom is -0.248 e. The summed E-state index contributed by atoms with van der Waals surface area (Å²) in [5.74, 6) is 0. The lowest BCUT2D eigenvalue weighted by molar-refractivity contribution is 1.26. The highest BCUT2D eigenvalue weighted by molar-refractivity contribution is 14.1. The zero-order chi connectivity index (χ0) is 6.85. The van der Waals surface area contributed by atoms with Crippen molar-refractivity contribution in [2.45, 2.75) is 0 Å². The minimum absolute atomic E-state index is 0.734. The molecule has 0 aliphatic carbocycles. The fraction of sp³-hybridized carbons (Fsp3) is 0. The van der Waals surface area contributed by atoms with Crippen LogP contribution >= 0.6 is 50.1 Å². The van der Waals surface area contributed by atoms with Gasteiger partial charge in [-0.15, -0.1) is 0 Å². The van der Waals surface area contributed by atoms with E-state index >= 15 is 0 Å². The smallest absolute Gasteiger partial charge is 0.107 e. The summed E-state index contributed by atoms with van der Waals surface area (Å²) in [7, 11) is 0. The van der Waals surface area contributed by atoms with Gasteiger partial charge >= 0.3 is 0 Å². The molecule has 0 radical (unpaired) electrons. The molecule has 0 fully saturated rings. The number of rotatable bonds is 0. The second kappa shape index (κ2) is 3.16. The van der Waals surface area contributed by atoms with Crippen molar-refractivity contribution in [1.82, 2.24) is 4.98 Å². The van der Waals surface area contributed by atoms with Crippen molar-refractivity contribution >= 4 is 50.1 Å². The average Bonchev–Trinajstić information content (AvgIpc) is 1.80. The Hall–Kier alpha value is 0.650. The van der Waals surface area contributed by atoms with Crippen molar-refractivity contribution in [2.24, 2.45) is 0 Å². The number of halogens is 3. The van der Waals surface area contributed by atoms with Crippen molar-refractivity contribution in [3.63, 3.8) is 0 Å². The summed E-state index contributed by atoms with van der Waals surface area (Å²) >= 11 is 11.1. The van der Waals surface area contributed by atoms with Crippen molar-refractivity contribution in [3.8, 4) is 0 Å². The van der Waals surface area contributed by atoms with E-state index in [1.54, 1.807) is 12.3 Å². The Bertz CT molecular complexity index is 228. The minimum atomic E-state index is 0.734. The predicted octanol–water partition coefficient (Wildman–Crippen LogP) is 3.10. The number of hydrogen-bond donors (Lipinski definition) is 0. The molecule has 4 heteroatoms. The van der Waals surface area contributed by atoms with Crippen molar-refractivity contribution in [1.29, 1.82) is 0 Å². The molecule has 1 heterocycles. The van der Waals surface area contributed by atoms with Gasteiger partial charge in [0.1, 0.15) is 4.60 Å². The van der Waals surface area contributed by atoms with E-state index < -0.39 is 0 Å².